The minimum absolute atomic E-state index is 0.0798. The molecule has 1 aliphatic carbocycles. The number of hydrogen-bond donors (Lipinski definition) is 1. The molecule has 0 radical (unpaired) electrons. The quantitative estimate of drug-likeness (QED) is 0.366. The number of piperidine rings is 1. The lowest BCUT2D eigenvalue weighted by Gasteiger charge is -2.43. The highest BCUT2D eigenvalue weighted by Crippen LogP contribution is 2.48. The molecule has 222 valence electrons. The van der Waals surface area contributed by atoms with Crippen LogP contribution in [0.3, 0.4) is 0 Å². The van der Waals surface area contributed by atoms with Gasteiger partial charge in [-0.15, -0.1) is 0 Å². The van der Waals surface area contributed by atoms with Crippen LogP contribution in [0.1, 0.15) is 78.0 Å². The largest absolute Gasteiger partial charge is 0.444 e. The number of alkyl halides is 3. The molecule has 0 aromatic carbocycles. The highest BCUT2D eigenvalue weighted by Gasteiger charge is 2.39. The van der Waals surface area contributed by atoms with Gasteiger partial charge in [0.25, 0.3) is 0 Å². The summed E-state index contributed by atoms with van der Waals surface area (Å²) in [6.07, 6.45) is 4.54. The van der Waals surface area contributed by atoms with E-state index in [2.05, 4.69) is 26.0 Å². The zero-order valence-corrected chi connectivity index (χ0v) is 24.5. The third-order valence-corrected chi connectivity index (χ3v) is 7.69. The maximum atomic E-state index is 13.2. The van der Waals surface area contributed by atoms with Crippen LogP contribution in [0, 0.1) is 5.41 Å². The Morgan fingerprint density at radius 2 is 1.66 bits per heavy atom. The Hall–Kier alpha value is -3.70. The second-order valence-electron chi connectivity index (χ2n) is 11.4. The van der Waals surface area contributed by atoms with Gasteiger partial charge in [0, 0.05) is 32.5 Å². The van der Waals surface area contributed by atoms with Crippen molar-refractivity contribution in [1.82, 2.24) is 29.4 Å². The maximum Gasteiger partial charge on any atom is 0.419 e. The van der Waals surface area contributed by atoms with Crippen molar-refractivity contribution in [2.24, 2.45) is 12.5 Å². The average molecular weight is 574 g/mol. The highest BCUT2D eigenvalue weighted by molar-refractivity contribution is 6.04. The number of anilines is 1. The first-order valence-electron chi connectivity index (χ1n) is 13.9. The maximum absolute atomic E-state index is 13.2. The summed E-state index contributed by atoms with van der Waals surface area (Å²) in [5.41, 5.74) is 7.75. The summed E-state index contributed by atoms with van der Waals surface area (Å²) >= 11 is 0. The first-order chi connectivity index (χ1) is 19.3. The first kappa shape index (κ1) is 30.3. The molecule has 4 heterocycles. The SMILES string of the molecule is CC.Cn1c(C2=CCC3(CC2)CCN(C(=O)OC(C)(C)C)CC3)c(-c2ncc(C(F)(F)F)cn2)c2c(N)ncnc21. The normalized spacial score (nSPS) is 17.2. The molecule has 1 saturated heterocycles. The van der Waals surface area contributed by atoms with E-state index in [-0.39, 0.29) is 23.2 Å². The molecular formula is C29H38F3N7O2. The Balaban J connectivity index is 0.00000189. The summed E-state index contributed by atoms with van der Waals surface area (Å²) in [6.45, 7) is 10.9. The van der Waals surface area contributed by atoms with Gasteiger partial charge in [0.05, 0.1) is 22.2 Å². The third kappa shape index (κ3) is 6.15. The summed E-state index contributed by atoms with van der Waals surface area (Å²) in [7, 11) is 1.85. The number of ether oxygens (including phenoxy) is 1. The van der Waals surface area contributed by atoms with Gasteiger partial charge in [0.2, 0.25) is 0 Å². The number of hydrogen-bond acceptors (Lipinski definition) is 7. The lowest BCUT2D eigenvalue weighted by atomic mass is 9.68. The molecule has 1 spiro atoms. The molecule has 0 unspecified atom stereocenters. The van der Waals surface area contributed by atoms with Crippen LogP contribution < -0.4 is 5.73 Å². The van der Waals surface area contributed by atoms with Crippen LogP contribution in [0.25, 0.3) is 28.0 Å². The van der Waals surface area contributed by atoms with Crippen molar-refractivity contribution >= 4 is 28.5 Å². The fraction of sp³-hybridized carbons (Fsp3) is 0.552. The van der Waals surface area contributed by atoms with Crippen molar-refractivity contribution in [2.75, 3.05) is 18.8 Å². The average Bonchev–Trinajstić information content (AvgIpc) is 3.23. The van der Waals surface area contributed by atoms with E-state index in [1.54, 1.807) is 4.90 Å². The number of likely N-dealkylation sites (tertiary alicyclic amines) is 1. The molecule has 1 aliphatic heterocycles. The van der Waals surface area contributed by atoms with Crippen molar-refractivity contribution in [1.29, 1.82) is 0 Å². The van der Waals surface area contributed by atoms with Crippen LogP contribution in [0.2, 0.25) is 0 Å². The van der Waals surface area contributed by atoms with Crippen LogP contribution in [-0.4, -0.2) is 54.2 Å². The summed E-state index contributed by atoms with van der Waals surface area (Å²) < 4.78 is 46.9. The number of allylic oxidation sites excluding steroid dienone is 2. The first-order valence-corrected chi connectivity index (χ1v) is 13.9. The summed E-state index contributed by atoms with van der Waals surface area (Å²) in [6, 6.07) is 0. The number of amides is 1. The number of fused-ring (bicyclic) bond motifs is 1. The van der Waals surface area contributed by atoms with Gasteiger partial charge in [-0.05, 0) is 63.9 Å². The van der Waals surface area contributed by atoms with Gasteiger partial charge in [-0.25, -0.2) is 24.7 Å². The van der Waals surface area contributed by atoms with Crippen molar-refractivity contribution in [3.05, 3.63) is 36.1 Å². The topological polar surface area (TPSA) is 112 Å². The number of nitrogen functional groups attached to an aromatic ring is 1. The monoisotopic (exact) mass is 573 g/mol. The number of aryl methyl sites for hydroxylation is 1. The molecule has 41 heavy (non-hydrogen) atoms. The number of halogens is 3. The van der Waals surface area contributed by atoms with Crippen molar-refractivity contribution in [3.63, 3.8) is 0 Å². The van der Waals surface area contributed by atoms with E-state index in [0.29, 0.717) is 29.7 Å². The molecule has 1 fully saturated rings. The molecule has 2 N–H and O–H groups in total. The lowest BCUT2D eigenvalue weighted by Crippen LogP contribution is -2.45. The Morgan fingerprint density at radius 3 is 2.20 bits per heavy atom. The molecule has 3 aromatic rings. The zero-order chi connectivity index (χ0) is 30.2. The van der Waals surface area contributed by atoms with E-state index in [1.165, 1.54) is 6.33 Å². The van der Waals surface area contributed by atoms with E-state index >= 15 is 0 Å². The van der Waals surface area contributed by atoms with E-state index in [0.717, 1.165) is 55.8 Å². The van der Waals surface area contributed by atoms with Crippen LogP contribution >= 0.6 is 0 Å². The Morgan fingerprint density at radius 1 is 1.02 bits per heavy atom. The van der Waals surface area contributed by atoms with Crippen molar-refractivity contribution in [3.8, 4) is 11.4 Å². The lowest BCUT2D eigenvalue weighted by molar-refractivity contribution is -0.138. The predicted molar refractivity (Wildman–Crippen MR) is 152 cm³/mol. The highest BCUT2D eigenvalue weighted by atomic mass is 19.4. The number of aromatic nitrogens is 5. The van der Waals surface area contributed by atoms with Gasteiger partial charge < -0.3 is 19.9 Å². The van der Waals surface area contributed by atoms with Crippen molar-refractivity contribution in [2.45, 2.75) is 78.5 Å². The molecule has 12 heteroatoms. The fourth-order valence-electron chi connectivity index (χ4n) is 5.58. The van der Waals surface area contributed by atoms with Gasteiger partial charge in [0.15, 0.2) is 5.82 Å². The van der Waals surface area contributed by atoms with Crippen LogP contribution in [0.5, 0.6) is 0 Å². The molecular weight excluding hydrogens is 535 g/mol. The van der Waals surface area contributed by atoms with Crippen LogP contribution in [0.15, 0.2) is 24.8 Å². The van der Waals surface area contributed by atoms with E-state index in [1.807, 2.05) is 46.2 Å². The van der Waals surface area contributed by atoms with Gasteiger partial charge >= 0.3 is 12.3 Å². The summed E-state index contributed by atoms with van der Waals surface area (Å²) in [5.74, 6) is 0.347. The summed E-state index contributed by atoms with van der Waals surface area (Å²) in [4.78, 5) is 31.0. The molecule has 0 atom stereocenters. The Labute approximate surface area is 238 Å². The number of nitrogens with zero attached hydrogens (tertiary/aromatic N) is 6. The fourth-order valence-corrected chi connectivity index (χ4v) is 5.58. The second-order valence-corrected chi connectivity index (χ2v) is 11.4. The van der Waals surface area contributed by atoms with Gasteiger partial charge in [-0.3, -0.25) is 0 Å². The number of carbonyl (C=O) groups is 1. The molecule has 5 rings (SSSR count). The molecule has 1 amide bonds. The Bertz CT molecular complexity index is 1430. The number of carbonyl (C=O) groups excluding carboxylic acids is 1. The zero-order valence-electron chi connectivity index (χ0n) is 24.5. The molecule has 0 bridgehead atoms. The summed E-state index contributed by atoms with van der Waals surface area (Å²) in [5, 5.41) is 0.515. The molecule has 2 aliphatic rings. The molecule has 9 nitrogen and oxygen atoms in total. The Kier molecular flexibility index (Phi) is 8.33. The van der Waals surface area contributed by atoms with Gasteiger partial charge in [0.1, 0.15) is 23.4 Å². The minimum Gasteiger partial charge on any atom is -0.444 e. The number of nitrogens with two attached hydrogens (primary N) is 1. The van der Waals surface area contributed by atoms with Crippen LogP contribution in [-0.2, 0) is 18.0 Å². The molecule has 3 aromatic heterocycles. The van der Waals surface area contributed by atoms with Crippen molar-refractivity contribution < 1.29 is 22.7 Å². The standard InChI is InChI=1S/C27H32F3N7O2.C2H6/c1-25(2,3)39-24(38)37-11-9-26(10-12-37)7-5-16(6-8-26)20-18(19-21(31)34-15-35-23(19)36(20)4)22-32-13-17(14-33-22)27(28,29)30;1-2/h5,13-15H,6-12H2,1-4H3,(H2,31,34,35);1-2H3. The van der Waals surface area contributed by atoms with Gasteiger partial charge in [-0.1, -0.05) is 19.9 Å². The molecule has 0 saturated carbocycles. The minimum atomic E-state index is -4.54. The van der Waals surface area contributed by atoms with E-state index < -0.39 is 17.3 Å². The number of rotatable bonds is 2. The smallest absolute Gasteiger partial charge is 0.419 e. The second kappa shape index (κ2) is 11.3. The predicted octanol–water partition coefficient (Wildman–Crippen LogP) is 6.64. The van der Waals surface area contributed by atoms with E-state index in [9.17, 15) is 18.0 Å². The third-order valence-electron chi connectivity index (χ3n) is 7.69. The van der Waals surface area contributed by atoms with E-state index in [4.69, 9.17) is 10.5 Å². The van der Waals surface area contributed by atoms with Crippen LogP contribution in [0.4, 0.5) is 23.8 Å². The van der Waals surface area contributed by atoms with Gasteiger partial charge in [-0.2, -0.15) is 13.2 Å².